The summed E-state index contributed by atoms with van der Waals surface area (Å²) in [5.74, 6) is 0. The van der Waals surface area contributed by atoms with Gasteiger partial charge in [0.2, 0.25) is 0 Å². The first kappa shape index (κ1) is 9.55. The minimum Gasteiger partial charge on any atom is -0.326 e. The highest BCUT2D eigenvalue weighted by Gasteiger charge is 2.07. The number of nitrogens with two attached hydrogens (primary N) is 1. The molecule has 3 nitrogen and oxygen atoms in total. The quantitative estimate of drug-likeness (QED) is 0.779. The fraction of sp³-hybridized carbons (Fsp3) is 0.625. The Morgan fingerprint density at radius 1 is 1.75 bits per heavy atom. The van der Waals surface area contributed by atoms with Gasteiger partial charge in [0, 0.05) is 6.04 Å². The highest BCUT2D eigenvalue weighted by molar-refractivity contribution is 6.31. The normalized spacial score (nSPS) is 13.3. The van der Waals surface area contributed by atoms with E-state index >= 15 is 0 Å². The maximum atomic E-state index is 5.90. The van der Waals surface area contributed by atoms with Crippen molar-refractivity contribution < 1.29 is 0 Å². The number of halogens is 1. The van der Waals surface area contributed by atoms with Crippen LogP contribution < -0.4 is 5.73 Å². The summed E-state index contributed by atoms with van der Waals surface area (Å²) in [5.41, 5.74) is 6.72. The molecule has 0 radical (unpaired) electrons. The van der Waals surface area contributed by atoms with Crippen molar-refractivity contribution in [3.8, 4) is 0 Å². The van der Waals surface area contributed by atoms with Crippen LogP contribution in [0, 0.1) is 0 Å². The summed E-state index contributed by atoms with van der Waals surface area (Å²) in [4.78, 5) is 0. The Balaban J connectivity index is 2.84. The topological polar surface area (TPSA) is 43.8 Å². The fourth-order valence-electron chi connectivity index (χ4n) is 1.17. The first-order valence-electron chi connectivity index (χ1n) is 4.11. The molecule has 0 aliphatic heterocycles. The number of hydrogen-bond donors (Lipinski definition) is 1. The van der Waals surface area contributed by atoms with Gasteiger partial charge in [0.1, 0.15) is 0 Å². The Morgan fingerprint density at radius 3 is 2.92 bits per heavy atom. The Kier molecular flexibility index (Phi) is 3.12. The molecule has 0 aromatic carbocycles. The van der Waals surface area contributed by atoms with E-state index in [2.05, 4.69) is 12.0 Å². The lowest BCUT2D eigenvalue weighted by Gasteiger charge is -2.08. The Morgan fingerprint density at radius 2 is 2.42 bits per heavy atom. The first-order chi connectivity index (χ1) is 5.65. The van der Waals surface area contributed by atoms with E-state index in [0.29, 0.717) is 0 Å². The van der Waals surface area contributed by atoms with Gasteiger partial charge >= 0.3 is 0 Å². The molecule has 1 aromatic heterocycles. The molecule has 0 fully saturated rings. The zero-order valence-electron chi connectivity index (χ0n) is 7.42. The second kappa shape index (κ2) is 3.92. The van der Waals surface area contributed by atoms with Gasteiger partial charge in [0.25, 0.3) is 0 Å². The van der Waals surface area contributed by atoms with Crippen molar-refractivity contribution in [1.29, 1.82) is 0 Å². The Labute approximate surface area is 77.5 Å². The molecule has 0 bridgehead atoms. The monoisotopic (exact) mass is 187 g/mol. The molecular formula is C8H14ClN3. The summed E-state index contributed by atoms with van der Waals surface area (Å²) in [6.45, 7) is 4.74. The molecule has 0 spiro atoms. The van der Waals surface area contributed by atoms with Crippen LogP contribution in [0.25, 0.3) is 0 Å². The molecule has 1 rings (SSSR count). The number of nitrogens with zero attached hydrogens (tertiary/aromatic N) is 2. The molecule has 1 atom stereocenters. The highest BCUT2D eigenvalue weighted by atomic mass is 35.5. The number of hydrogen-bond acceptors (Lipinski definition) is 2. The van der Waals surface area contributed by atoms with Crippen molar-refractivity contribution in [1.82, 2.24) is 9.78 Å². The van der Waals surface area contributed by atoms with Crippen LogP contribution in [-0.2, 0) is 13.0 Å². The predicted octanol–water partition coefficient (Wildman–Crippen LogP) is 1.45. The molecule has 0 aliphatic carbocycles. The second-order valence-electron chi connectivity index (χ2n) is 2.95. The smallest absolute Gasteiger partial charge is 0.0817 e. The van der Waals surface area contributed by atoms with Crippen LogP contribution in [0.3, 0.4) is 0 Å². The molecule has 1 heterocycles. The molecular weight excluding hydrogens is 174 g/mol. The van der Waals surface area contributed by atoms with Gasteiger partial charge in [-0.15, -0.1) is 0 Å². The molecule has 2 N–H and O–H groups in total. The summed E-state index contributed by atoms with van der Waals surface area (Å²) in [6.07, 6.45) is 2.56. The first-order valence-corrected chi connectivity index (χ1v) is 4.48. The van der Waals surface area contributed by atoms with Crippen LogP contribution >= 0.6 is 11.6 Å². The lowest BCUT2D eigenvalue weighted by Crippen LogP contribution is -2.23. The van der Waals surface area contributed by atoms with Crippen LogP contribution in [-0.4, -0.2) is 15.8 Å². The van der Waals surface area contributed by atoms with Crippen molar-refractivity contribution in [3.63, 3.8) is 0 Å². The van der Waals surface area contributed by atoms with Crippen LogP contribution in [0.4, 0.5) is 0 Å². The van der Waals surface area contributed by atoms with Crippen molar-refractivity contribution in [2.24, 2.45) is 5.73 Å². The summed E-state index contributed by atoms with van der Waals surface area (Å²) < 4.78 is 1.87. The van der Waals surface area contributed by atoms with E-state index in [0.717, 1.165) is 23.7 Å². The van der Waals surface area contributed by atoms with E-state index in [1.165, 1.54) is 0 Å². The second-order valence-corrected chi connectivity index (χ2v) is 3.36. The molecule has 0 saturated heterocycles. The van der Waals surface area contributed by atoms with Crippen LogP contribution in [0.15, 0.2) is 6.20 Å². The lowest BCUT2D eigenvalue weighted by atomic mass is 10.3. The Bertz CT molecular complexity index is 255. The minimum atomic E-state index is 0.117. The maximum Gasteiger partial charge on any atom is 0.0817 e. The van der Waals surface area contributed by atoms with E-state index < -0.39 is 0 Å². The molecule has 0 saturated carbocycles. The van der Waals surface area contributed by atoms with Crippen molar-refractivity contribution in [3.05, 3.63) is 16.9 Å². The Hall–Kier alpha value is -0.540. The summed E-state index contributed by atoms with van der Waals surface area (Å²) in [5, 5.41) is 4.87. The summed E-state index contributed by atoms with van der Waals surface area (Å²) in [7, 11) is 0. The predicted molar refractivity (Wildman–Crippen MR) is 50.3 cm³/mol. The standard InChI is InChI=1S/C8H14ClN3/c1-3-8-7(9)4-11-12(8)5-6(2)10/h4,6H,3,5,10H2,1-2H3. The van der Waals surface area contributed by atoms with Gasteiger partial charge in [-0.05, 0) is 13.3 Å². The van der Waals surface area contributed by atoms with E-state index in [4.69, 9.17) is 17.3 Å². The summed E-state index contributed by atoms with van der Waals surface area (Å²) in [6, 6.07) is 0.117. The third kappa shape index (κ3) is 1.99. The van der Waals surface area contributed by atoms with Crippen LogP contribution in [0.2, 0.25) is 5.02 Å². The number of rotatable bonds is 3. The largest absolute Gasteiger partial charge is 0.326 e. The minimum absolute atomic E-state index is 0.117. The lowest BCUT2D eigenvalue weighted by molar-refractivity contribution is 0.521. The van der Waals surface area contributed by atoms with Crippen LogP contribution in [0.1, 0.15) is 19.5 Å². The van der Waals surface area contributed by atoms with Gasteiger partial charge in [0.15, 0.2) is 0 Å². The maximum absolute atomic E-state index is 5.90. The third-order valence-corrected chi connectivity index (χ3v) is 2.01. The van der Waals surface area contributed by atoms with E-state index in [9.17, 15) is 0 Å². The average Bonchev–Trinajstić information content (AvgIpc) is 2.30. The molecule has 1 unspecified atom stereocenters. The van der Waals surface area contributed by atoms with Crippen molar-refractivity contribution >= 4 is 11.6 Å². The zero-order valence-corrected chi connectivity index (χ0v) is 8.17. The molecule has 0 amide bonds. The summed E-state index contributed by atoms with van der Waals surface area (Å²) >= 11 is 5.90. The van der Waals surface area contributed by atoms with Crippen molar-refractivity contribution in [2.75, 3.05) is 0 Å². The molecule has 68 valence electrons. The zero-order chi connectivity index (χ0) is 9.14. The van der Waals surface area contributed by atoms with Crippen LogP contribution in [0.5, 0.6) is 0 Å². The van der Waals surface area contributed by atoms with Gasteiger partial charge in [-0.2, -0.15) is 5.10 Å². The van der Waals surface area contributed by atoms with Gasteiger partial charge in [-0.25, -0.2) is 0 Å². The van der Waals surface area contributed by atoms with Gasteiger partial charge in [-0.3, -0.25) is 4.68 Å². The molecule has 1 aromatic rings. The molecule has 0 aliphatic rings. The van der Waals surface area contributed by atoms with E-state index in [-0.39, 0.29) is 6.04 Å². The van der Waals surface area contributed by atoms with E-state index in [1.807, 2.05) is 11.6 Å². The van der Waals surface area contributed by atoms with Gasteiger partial charge in [0.05, 0.1) is 23.5 Å². The fourth-order valence-corrected chi connectivity index (χ4v) is 1.44. The third-order valence-electron chi connectivity index (χ3n) is 1.69. The van der Waals surface area contributed by atoms with Gasteiger partial charge in [-0.1, -0.05) is 18.5 Å². The highest BCUT2D eigenvalue weighted by Crippen LogP contribution is 2.15. The molecule has 12 heavy (non-hydrogen) atoms. The van der Waals surface area contributed by atoms with E-state index in [1.54, 1.807) is 6.20 Å². The average molecular weight is 188 g/mol. The van der Waals surface area contributed by atoms with Gasteiger partial charge < -0.3 is 5.73 Å². The SMILES string of the molecule is CCc1c(Cl)cnn1CC(C)N. The number of aromatic nitrogens is 2. The van der Waals surface area contributed by atoms with Crippen molar-refractivity contribution in [2.45, 2.75) is 32.9 Å². The molecule has 4 heteroatoms.